The Morgan fingerprint density at radius 1 is 1.12 bits per heavy atom. The molecule has 0 bridgehead atoms. The van der Waals surface area contributed by atoms with E-state index in [0.717, 1.165) is 38.5 Å². The van der Waals surface area contributed by atoms with Crippen molar-refractivity contribution in [1.29, 1.82) is 0 Å². The van der Waals surface area contributed by atoms with Crippen molar-refractivity contribution in [3.8, 4) is 0 Å². The first-order chi connectivity index (χ1) is 12.1. The molecule has 0 aliphatic heterocycles. The summed E-state index contributed by atoms with van der Waals surface area (Å²) in [6.45, 7) is 0. The van der Waals surface area contributed by atoms with Gasteiger partial charge in [-0.25, -0.2) is 4.79 Å². The Morgan fingerprint density at radius 2 is 1.69 bits per heavy atom. The van der Waals surface area contributed by atoms with E-state index in [4.69, 9.17) is 0 Å². The molecular formula is C16H18F3NO6. The lowest BCUT2D eigenvalue weighted by molar-refractivity contribution is -0.147. The first-order valence-electron chi connectivity index (χ1n) is 7.40. The highest BCUT2D eigenvalue weighted by Gasteiger charge is 2.31. The number of rotatable bonds is 7. The topological polar surface area (TPSA) is 102 Å². The van der Waals surface area contributed by atoms with Crippen molar-refractivity contribution in [2.24, 2.45) is 0 Å². The predicted molar refractivity (Wildman–Crippen MR) is 81.6 cm³/mol. The van der Waals surface area contributed by atoms with E-state index in [9.17, 15) is 32.7 Å². The molecule has 1 aromatic rings. The number of aliphatic hydroxyl groups excluding tert-OH is 1. The highest BCUT2D eigenvalue weighted by molar-refractivity contribution is 5.87. The van der Waals surface area contributed by atoms with E-state index in [1.54, 1.807) is 0 Å². The molecule has 0 heterocycles. The van der Waals surface area contributed by atoms with Gasteiger partial charge in [0.25, 0.3) is 5.91 Å². The number of carbonyl (C=O) groups is 3. The third-order valence-electron chi connectivity index (χ3n) is 3.47. The second-order valence-corrected chi connectivity index (χ2v) is 5.22. The van der Waals surface area contributed by atoms with Gasteiger partial charge >= 0.3 is 18.1 Å². The zero-order valence-corrected chi connectivity index (χ0v) is 14.0. The Balaban J connectivity index is 2.81. The van der Waals surface area contributed by atoms with Gasteiger partial charge < -0.3 is 19.9 Å². The van der Waals surface area contributed by atoms with E-state index in [0.29, 0.717) is 0 Å². The second kappa shape index (κ2) is 9.18. The van der Waals surface area contributed by atoms with Gasteiger partial charge in [0.05, 0.1) is 19.8 Å². The van der Waals surface area contributed by atoms with Gasteiger partial charge in [-0.1, -0.05) is 12.1 Å². The van der Waals surface area contributed by atoms with Crippen molar-refractivity contribution in [2.75, 3.05) is 14.2 Å². The lowest BCUT2D eigenvalue weighted by Gasteiger charge is -2.19. The molecule has 10 heteroatoms. The van der Waals surface area contributed by atoms with Crippen LogP contribution in [-0.2, 0) is 30.0 Å². The van der Waals surface area contributed by atoms with Gasteiger partial charge in [0.15, 0.2) is 6.10 Å². The first kappa shape index (κ1) is 21.4. The van der Waals surface area contributed by atoms with Gasteiger partial charge in [0, 0.05) is 6.42 Å². The van der Waals surface area contributed by atoms with Crippen LogP contribution in [0.1, 0.15) is 30.1 Å². The van der Waals surface area contributed by atoms with Crippen molar-refractivity contribution >= 4 is 17.8 Å². The summed E-state index contributed by atoms with van der Waals surface area (Å²) in [5.74, 6) is -2.48. The van der Waals surface area contributed by atoms with Crippen LogP contribution in [0.25, 0.3) is 0 Å². The third kappa shape index (κ3) is 6.03. The van der Waals surface area contributed by atoms with Crippen LogP contribution in [0.5, 0.6) is 0 Å². The number of nitrogens with one attached hydrogen (secondary N) is 1. The number of ether oxygens (including phenoxy) is 2. The normalized spacial score (nSPS) is 13.5. The summed E-state index contributed by atoms with van der Waals surface area (Å²) in [5.41, 5.74) is -1.02. The fourth-order valence-electron chi connectivity index (χ4n) is 2.01. The maximum absolute atomic E-state index is 12.5. The molecule has 0 saturated carbocycles. The van der Waals surface area contributed by atoms with E-state index in [1.807, 2.05) is 0 Å². The average Bonchev–Trinajstić information content (AvgIpc) is 2.62. The molecule has 1 aromatic carbocycles. The fraction of sp³-hybridized carbons (Fsp3) is 0.438. The smallest absolute Gasteiger partial charge is 0.416 e. The summed E-state index contributed by atoms with van der Waals surface area (Å²) in [4.78, 5) is 34.9. The van der Waals surface area contributed by atoms with Gasteiger partial charge in [0.2, 0.25) is 0 Å². The highest BCUT2D eigenvalue weighted by Crippen LogP contribution is 2.30. The van der Waals surface area contributed by atoms with Crippen molar-refractivity contribution in [3.63, 3.8) is 0 Å². The number of alkyl halides is 3. The molecule has 2 atom stereocenters. The molecule has 0 aromatic heterocycles. The molecule has 2 N–H and O–H groups in total. The van der Waals surface area contributed by atoms with Gasteiger partial charge in [-0.2, -0.15) is 13.2 Å². The second-order valence-electron chi connectivity index (χ2n) is 5.22. The molecule has 26 heavy (non-hydrogen) atoms. The van der Waals surface area contributed by atoms with Crippen molar-refractivity contribution in [3.05, 3.63) is 35.4 Å². The third-order valence-corrected chi connectivity index (χ3v) is 3.47. The zero-order chi connectivity index (χ0) is 19.9. The number of methoxy groups -OCH3 is 2. The lowest BCUT2D eigenvalue weighted by atomic mass is 10.1. The minimum Gasteiger partial charge on any atom is -0.469 e. The quantitative estimate of drug-likeness (QED) is 0.696. The molecule has 0 aliphatic rings. The Morgan fingerprint density at radius 3 is 2.15 bits per heavy atom. The summed E-state index contributed by atoms with van der Waals surface area (Å²) < 4.78 is 46.5. The maximum Gasteiger partial charge on any atom is 0.416 e. The number of hydrogen-bond donors (Lipinski definition) is 2. The van der Waals surface area contributed by atoms with Crippen LogP contribution in [0.15, 0.2) is 24.3 Å². The molecule has 0 unspecified atom stereocenters. The van der Waals surface area contributed by atoms with Crippen LogP contribution in [0.4, 0.5) is 13.2 Å². The van der Waals surface area contributed by atoms with Crippen LogP contribution in [0.2, 0.25) is 0 Å². The summed E-state index contributed by atoms with van der Waals surface area (Å²) in [6.07, 6.45) is -6.67. The van der Waals surface area contributed by atoms with E-state index in [1.165, 1.54) is 0 Å². The van der Waals surface area contributed by atoms with Gasteiger partial charge in [-0.3, -0.25) is 9.59 Å². The zero-order valence-electron chi connectivity index (χ0n) is 14.0. The molecular weight excluding hydrogens is 359 g/mol. The highest BCUT2D eigenvalue weighted by atomic mass is 19.4. The number of benzene rings is 1. The Labute approximate surface area is 147 Å². The lowest BCUT2D eigenvalue weighted by Crippen LogP contribution is -2.44. The first-order valence-corrected chi connectivity index (χ1v) is 7.40. The molecule has 144 valence electrons. The average molecular weight is 377 g/mol. The summed E-state index contributed by atoms with van der Waals surface area (Å²) >= 11 is 0. The van der Waals surface area contributed by atoms with Crippen LogP contribution in [0, 0.1) is 0 Å². The minimum absolute atomic E-state index is 0.0907. The number of aliphatic hydroxyl groups is 1. The van der Waals surface area contributed by atoms with E-state index in [-0.39, 0.29) is 18.4 Å². The van der Waals surface area contributed by atoms with E-state index >= 15 is 0 Å². The molecule has 0 saturated heterocycles. The van der Waals surface area contributed by atoms with Crippen molar-refractivity contribution in [2.45, 2.75) is 31.2 Å². The fourth-order valence-corrected chi connectivity index (χ4v) is 2.01. The largest absolute Gasteiger partial charge is 0.469 e. The monoisotopic (exact) mass is 377 g/mol. The molecule has 1 amide bonds. The molecule has 1 rings (SSSR count). The van der Waals surface area contributed by atoms with Crippen LogP contribution in [0.3, 0.4) is 0 Å². The molecule has 0 fully saturated rings. The number of esters is 2. The van der Waals surface area contributed by atoms with Crippen molar-refractivity contribution < 1.29 is 42.1 Å². The molecule has 0 radical (unpaired) electrons. The molecule has 7 nitrogen and oxygen atoms in total. The summed E-state index contributed by atoms with van der Waals surface area (Å²) in [7, 11) is 2.23. The number of carbonyl (C=O) groups excluding carboxylic acids is 3. The summed E-state index contributed by atoms with van der Waals surface area (Å²) in [5, 5.41) is 12.2. The SMILES string of the molecule is COC(=O)CC[C@H](NC(=O)[C@@H](O)c1ccc(C(F)(F)F)cc1)C(=O)OC. The molecule has 0 spiro atoms. The minimum atomic E-state index is -4.55. The molecule has 0 aliphatic carbocycles. The number of amides is 1. The Hall–Kier alpha value is -2.62. The summed E-state index contributed by atoms with van der Waals surface area (Å²) in [6, 6.07) is 2.13. The van der Waals surface area contributed by atoms with Crippen molar-refractivity contribution in [1.82, 2.24) is 5.32 Å². The van der Waals surface area contributed by atoms with E-state index in [2.05, 4.69) is 14.8 Å². The van der Waals surface area contributed by atoms with Gasteiger partial charge in [0.1, 0.15) is 6.04 Å². The Kier molecular flexibility index (Phi) is 7.56. The predicted octanol–water partition coefficient (Wildman–Crippen LogP) is 1.35. The van der Waals surface area contributed by atoms with Gasteiger partial charge in [-0.15, -0.1) is 0 Å². The number of halogens is 3. The standard InChI is InChI=1S/C16H18F3NO6/c1-25-12(21)8-7-11(15(24)26-2)20-14(23)13(22)9-3-5-10(6-4-9)16(17,18)19/h3-6,11,13,22H,7-8H2,1-2H3,(H,20,23)/t11-,13-/m0/s1. The maximum atomic E-state index is 12.5. The van der Waals surface area contributed by atoms with Crippen LogP contribution < -0.4 is 5.32 Å². The van der Waals surface area contributed by atoms with Crippen LogP contribution in [-0.4, -0.2) is 43.2 Å². The van der Waals surface area contributed by atoms with Gasteiger partial charge in [-0.05, 0) is 24.1 Å². The van der Waals surface area contributed by atoms with E-state index < -0.39 is 41.7 Å². The Bertz CT molecular complexity index is 644. The number of hydrogen-bond acceptors (Lipinski definition) is 6. The van der Waals surface area contributed by atoms with Crippen LogP contribution >= 0.6 is 0 Å².